The summed E-state index contributed by atoms with van der Waals surface area (Å²) in [4.78, 5) is 17.4. The number of thiazole rings is 1. The van der Waals surface area contributed by atoms with Crippen LogP contribution in [0.25, 0.3) is 0 Å². The third kappa shape index (κ3) is 2.90. The second-order valence-corrected chi connectivity index (χ2v) is 5.26. The Morgan fingerprint density at radius 3 is 2.84 bits per heavy atom. The van der Waals surface area contributed by atoms with Gasteiger partial charge in [0.15, 0.2) is 5.13 Å². The normalized spacial score (nSPS) is 10.5. The van der Waals surface area contributed by atoms with Gasteiger partial charge < -0.3 is 5.73 Å². The Hall–Kier alpha value is -1.95. The maximum absolute atomic E-state index is 12.9. The number of aryl methyl sites for hydroxylation is 2. The van der Waals surface area contributed by atoms with Crippen LogP contribution in [0.15, 0.2) is 18.2 Å². The van der Waals surface area contributed by atoms with Crippen molar-refractivity contribution in [3.05, 3.63) is 40.2 Å². The van der Waals surface area contributed by atoms with Gasteiger partial charge in [0.1, 0.15) is 5.82 Å². The van der Waals surface area contributed by atoms with Crippen molar-refractivity contribution in [3.63, 3.8) is 0 Å². The molecule has 0 bridgehead atoms. The van der Waals surface area contributed by atoms with E-state index in [-0.39, 0.29) is 17.2 Å². The standard InChI is InChI=1S/C13H14FN3OS/c1-3-11-7(2)19-13(16-11)17-12(18)9-5-4-8(14)6-10(9)15/h4-6H,3,15H2,1-2H3,(H,16,17,18). The highest BCUT2D eigenvalue weighted by atomic mass is 32.1. The molecule has 1 amide bonds. The molecule has 0 spiro atoms. The molecule has 3 N–H and O–H groups in total. The van der Waals surface area contributed by atoms with Crippen molar-refractivity contribution in [1.82, 2.24) is 4.98 Å². The first-order valence-electron chi connectivity index (χ1n) is 5.84. The third-order valence-corrected chi connectivity index (χ3v) is 3.63. The Kier molecular flexibility index (Phi) is 3.80. The van der Waals surface area contributed by atoms with Crippen molar-refractivity contribution in [3.8, 4) is 0 Å². The van der Waals surface area contributed by atoms with Crippen LogP contribution in [-0.2, 0) is 6.42 Å². The number of rotatable bonds is 3. The highest BCUT2D eigenvalue weighted by Gasteiger charge is 2.13. The summed E-state index contributed by atoms with van der Waals surface area (Å²) in [7, 11) is 0. The Bertz CT molecular complexity index is 624. The quantitative estimate of drug-likeness (QED) is 0.849. The van der Waals surface area contributed by atoms with Crippen molar-refractivity contribution in [2.45, 2.75) is 20.3 Å². The van der Waals surface area contributed by atoms with Gasteiger partial charge in [0.2, 0.25) is 0 Å². The van der Waals surface area contributed by atoms with Gasteiger partial charge in [-0.1, -0.05) is 6.92 Å². The molecule has 0 aliphatic carbocycles. The highest BCUT2D eigenvalue weighted by molar-refractivity contribution is 7.15. The molecule has 100 valence electrons. The largest absolute Gasteiger partial charge is 0.398 e. The van der Waals surface area contributed by atoms with Crippen LogP contribution < -0.4 is 11.1 Å². The zero-order valence-corrected chi connectivity index (χ0v) is 11.5. The van der Waals surface area contributed by atoms with E-state index in [0.29, 0.717) is 5.13 Å². The van der Waals surface area contributed by atoms with Crippen molar-refractivity contribution < 1.29 is 9.18 Å². The number of carbonyl (C=O) groups excluding carboxylic acids is 1. The Labute approximate surface area is 114 Å². The minimum Gasteiger partial charge on any atom is -0.398 e. The predicted molar refractivity (Wildman–Crippen MR) is 75.0 cm³/mol. The lowest BCUT2D eigenvalue weighted by atomic mass is 10.1. The number of nitrogen functional groups attached to an aromatic ring is 1. The van der Waals surface area contributed by atoms with Crippen LogP contribution in [0.4, 0.5) is 15.2 Å². The number of nitrogens with one attached hydrogen (secondary N) is 1. The molecule has 0 unspecified atom stereocenters. The van der Waals surface area contributed by atoms with Crippen LogP contribution in [0.2, 0.25) is 0 Å². The van der Waals surface area contributed by atoms with E-state index in [1.54, 1.807) is 0 Å². The van der Waals surface area contributed by atoms with E-state index in [2.05, 4.69) is 10.3 Å². The van der Waals surface area contributed by atoms with Gasteiger partial charge in [-0.3, -0.25) is 10.1 Å². The number of hydrogen-bond acceptors (Lipinski definition) is 4. The van der Waals surface area contributed by atoms with E-state index in [1.807, 2.05) is 13.8 Å². The van der Waals surface area contributed by atoms with Crippen molar-refractivity contribution in [1.29, 1.82) is 0 Å². The highest BCUT2D eigenvalue weighted by Crippen LogP contribution is 2.23. The summed E-state index contributed by atoms with van der Waals surface area (Å²) in [6, 6.07) is 3.69. The molecule has 0 saturated heterocycles. The van der Waals surface area contributed by atoms with Crippen LogP contribution in [0.1, 0.15) is 27.9 Å². The molecule has 0 saturated carbocycles. The number of benzene rings is 1. The zero-order chi connectivity index (χ0) is 14.0. The number of nitrogens with zero attached hydrogens (tertiary/aromatic N) is 1. The van der Waals surface area contributed by atoms with Crippen molar-refractivity contribution in [2.24, 2.45) is 0 Å². The molecule has 19 heavy (non-hydrogen) atoms. The van der Waals surface area contributed by atoms with E-state index >= 15 is 0 Å². The summed E-state index contributed by atoms with van der Waals surface area (Å²) in [6.07, 6.45) is 0.816. The van der Waals surface area contributed by atoms with E-state index in [4.69, 9.17) is 5.73 Å². The molecular formula is C13H14FN3OS. The van der Waals surface area contributed by atoms with Gasteiger partial charge in [-0.25, -0.2) is 9.37 Å². The predicted octanol–water partition coefficient (Wildman–Crippen LogP) is 2.99. The fourth-order valence-corrected chi connectivity index (χ4v) is 2.61. The van der Waals surface area contributed by atoms with Gasteiger partial charge >= 0.3 is 0 Å². The van der Waals surface area contributed by atoms with Gasteiger partial charge in [-0.05, 0) is 31.5 Å². The minimum atomic E-state index is -0.465. The SMILES string of the molecule is CCc1nc(NC(=O)c2ccc(F)cc2N)sc1C. The Morgan fingerprint density at radius 2 is 2.26 bits per heavy atom. The molecule has 1 heterocycles. The lowest BCUT2D eigenvalue weighted by molar-refractivity contribution is 0.102. The molecule has 2 aromatic rings. The lowest BCUT2D eigenvalue weighted by Crippen LogP contribution is -2.14. The monoisotopic (exact) mass is 279 g/mol. The topological polar surface area (TPSA) is 68.0 Å². The third-order valence-electron chi connectivity index (χ3n) is 2.71. The van der Waals surface area contributed by atoms with Crippen LogP contribution in [0.5, 0.6) is 0 Å². The maximum atomic E-state index is 12.9. The molecule has 1 aromatic heterocycles. The molecule has 6 heteroatoms. The van der Waals surface area contributed by atoms with Gasteiger partial charge in [-0.15, -0.1) is 11.3 Å². The second kappa shape index (κ2) is 5.36. The fourth-order valence-electron chi connectivity index (χ4n) is 1.71. The van der Waals surface area contributed by atoms with Crippen molar-refractivity contribution in [2.75, 3.05) is 11.1 Å². The summed E-state index contributed by atoms with van der Waals surface area (Å²) in [6.45, 7) is 3.96. The first-order chi connectivity index (χ1) is 9.01. The molecule has 4 nitrogen and oxygen atoms in total. The number of aromatic nitrogens is 1. The first-order valence-corrected chi connectivity index (χ1v) is 6.65. The number of hydrogen-bond donors (Lipinski definition) is 2. The fraction of sp³-hybridized carbons (Fsp3) is 0.231. The van der Waals surface area contributed by atoms with Gasteiger partial charge in [0, 0.05) is 10.6 Å². The summed E-state index contributed by atoms with van der Waals surface area (Å²) in [5.41, 5.74) is 6.94. The Morgan fingerprint density at radius 1 is 1.53 bits per heavy atom. The molecule has 2 rings (SSSR count). The van der Waals surface area contributed by atoms with Crippen LogP contribution in [0, 0.1) is 12.7 Å². The van der Waals surface area contributed by atoms with E-state index < -0.39 is 5.82 Å². The molecule has 0 aliphatic heterocycles. The molecule has 0 aliphatic rings. The second-order valence-electron chi connectivity index (χ2n) is 4.06. The number of halogens is 1. The average molecular weight is 279 g/mol. The van der Waals surface area contributed by atoms with E-state index in [9.17, 15) is 9.18 Å². The van der Waals surface area contributed by atoms with Gasteiger partial charge in [0.05, 0.1) is 11.3 Å². The molecule has 0 atom stereocenters. The molecule has 1 aromatic carbocycles. The minimum absolute atomic E-state index is 0.112. The Balaban J connectivity index is 2.20. The number of amides is 1. The van der Waals surface area contributed by atoms with Crippen LogP contribution in [-0.4, -0.2) is 10.9 Å². The van der Waals surface area contributed by atoms with Gasteiger partial charge in [0.25, 0.3) is 5.91 Å². The lowest BCUT2D eigenvalue weighted by Gasteiger charge is -2.04. The molecular weight excluding hydrogens is 265 g/mol. The maximum Gasteiger partial charge on any atom is 0.259 e. The van der Waals surface area contributed by atoms with Crippen LogP contribution >= 0.6 is 11.3 Å². The molecule has 0 radical (unpaired) electrons. The average Bonchev–Trinajstić information content (AvgIpc) is 2.69. The summed E-state index contributed by atoms with van der Waals surface area (Å²) < 4.78 is 12.9. The number of anilines is 2. The zero-order valence-electron chi connectivity index (χ0n) is 10.7. The first kappa shape index (κ1) is 13.5. The summed E-state index contributed by atoms with van der Waals surface area (Å²) in [5, 5.41) is 3.21. The molecule has 0 fully saturated rings. The summed E-state index contributed by atoms with van der Waals surface area (Å²) >= 11 is 1.41. The number of carbonyl (C=O) groups is 1. The number of nitrogens with two attached hydrogens (primary N) is 1. The van der Waals surface area contributed by atoms with E-state index in [1.165, 1.54) is 23.5 Å². The van der Waals surface area contributed by atoms with Crippen molar-refractivity contribution >= 4 is 28.1 Å². The van der Waals surface area contributed by atoms with E-state index in [0.717, 1.165) is 23.1 Å². The summed E-state index contributed by atoms with van der Waals surface area (Å²) in [5.74, 6) is -0.846. The van der Waals surface area contributed by atoms with Crippen LogP contribution in [0.3, 0.4) is 0 Å². The van der Waals surface area contributed by atoms with Gasteiger partial charge in [-0.2, -0.15) is 0 Å². The smallest absolute Gasteiger partial charge is 0.259 e.